The van der Waals surface area contributed by atoms with E-state index < -0.39 is 0 Å². The predicted octanol–water partition coefficient (Wildman–Crippen LogP) is 2.98. The Morgan fingerprint density at radius 3 is 2.84 bits per heavy atom. The van der Waals surface area contributed by atoms with Gasteiger partial charge in [0, 0.05) is 6.07 Å². The minimum atomic E-state index is -0.357. The van der Waals surface area contributed by atoms with E-state index in [2.05, 4.69) is 0 Å². The molecule has 0 saturated carbocycles. The second kappa shape index (κ2) is 6.40. The molecule has 0 amide bonds. The van der Waals surface area contributed by atoms with Crippen LogP contribution in [0.5, 0.6) is 0 Å². The lowest BCUT2D eigenvalue weighted by Crippen LogP contribution is -2.03. The molecule has 2 N–H and O–H groups in total. The Kier molecular flexibility index (Phi) is 4.59. The van der Waals surface area contributed by atoms with Crippen LogP contribution in [0.15, 0.2) is 45.9 Å². The van der Waals surface area contributed by atoms with Crippen LogP contribution in [-0.2, 0) is 12.2 Å². The molecular weight excluding hydrogens is 264 g/mol. The topological polar surface area (TPSA) is 82.3 Å². The molecule has 0 radical (unpaired) electrons. The van der Waals surface area contributed by atoms with E-state index in [1.165, 1.54) is 11.8 Å². The first-order chi connectivity index (χ1) is 9.20. The average molecular weight is 278 g/mol. The number of nitrogens with zero attached hydrogens (tertiary/aromatic N) is 1. The molecule has 6 heteroatoms. The Hall–Kier alpha value is -1.79. The van der Waals surface area contributed by atoms with Crippen molar-refractivity contribution in [3.63, 3.8) is 0 Å². The van der Waals surface area contributed by atoms with Crippen molar-refractivity contribution in [2.45, 2.75) is 17.1 Å². The van der Waals surface area contributed by atoms with Gasteiger partial charge in [-0.1, -0.05) is 6.07 Å². The highest BCUT2D eigenvalue weighted by Crippen LogP contribution is 2.32. The quantitative estimate of drug-likeness (QED) is 0.499. The molecule has 0 fully saturated rings. The molecule has 0 bridgehead atoms. The maximum Gasteiger partial charge on any atom is 0.283 e. The van der Waals surface area contributed by atoms with Gasteiger partial charge >= 0.3 is 0 Å². The zero-order chi connectivity index (χ0) is 13.7. The third-order valence-electron chi connectivity index (χ3n) is 2.60. The van der Waals surface area contributed by atoms with Crippen molar-refractivity contribution >= 4 is 17.4 Å². The number of hydrogen-bond donors (Lipinski definition) is 1. The van der Waals surface area contributed by atoms with Gasteiger partial charge in [-0.2, -0.15) is 0 Å². The van der Waals surface area contributed by atoms with E-state index in [-0.39, 0.29) is 10.6 Å². The largest absolute Gasteiger partial charge is 0.468 e. The standard InChI is InChI=1S/C13H14N2O3S/c14-6-5-10-3-4-13(12(8-10)15(16)17)19-9-11-2-1-7-18-11/h1-4,7-8H,5-6,9,14H2. The first-order valence-corrected chi connectivity index (χ1v) is 6.82. The molecule has 19 heavy (non-hydrogen) atoms. The molecule has 0 aliphatic carbocycles. The zero-order valence-corrected chi connectivity index (χ0v) is 11.1. The second-order valence-electron chi connectivity index (χ2n) is 3.97. The predicted molar refractivity (Wildman–Crippen MR) is 74.1 cm³/mol. The average Bonchev–Trinajstić information content (AvgIpc) is 2.90. The van der Waals surface area contributed by atoms with Gasteiger partial charge in [-0.05, 0) is 36.7 Å². The zero-order valence-electron chi connectivity index (χ0n) is 10.2. The monoisotopic (exact) mass is 278 g/mol. The lowest BCUT2D eigenvalue weighted by molar-refractivity contribution is -0.387. The summed E-state index contributed by atoms with van der Waals surface area (Å²) in [6.07, 6.45) is 2.23. The summed E-state index contributed by atoms with van der Waals surface area (Å²) in [4.78, 5) is 11.4. The Morgan fingerprint density at radius 2 is 2.21 bits per heavy atom. The van der Waals surface area contributed by atoms with E-state index in [9.17, 15) is 10.1 Å². The molecule has 0 aliphatic rings. The number of benzene rings is 1. The molecule has 2 aromatic rings. The van der Waals surface area contributed by atoms with Crippen molar-refractivity contribution in [2.24, 2.45) is 5.73 Å². The fraction of sp³-hybridized carbons (Fsp3) is 0.231. The third kappa shape index (κ3) is 3.59. The van der Waals surface area contributed by atoms with Crippen LogP contribution in [0, 0.1) is 10.1 Å². The first kappa shape index (κ1) is 13.6. The third-order valence-corrected chi connectivity index (χ3v) is 3.69. The molecule has 0 unspecified atom stereocenters. The van der Waals surface area contributed by atoms with Crippen LogP contribution in [0.2, 0.25) is 0 Å². The molecule has 0 spiro atoms. The van der Waals surface area contributed by atoms with Crippen molar-refractivity contribution < 1.29 is 9.34 Å². The van der Waals surface area contributed by atoms with Gasteiger partial charge in [-0.3, -0.25) is 10.1 Å². The van der Waals surface area contributed by atoms with Crippen molar-refractivity contribution in [1.82, 2.24) is 0 Å². The number of furan rings is 1. The summed E-state index contributed by atoms with van der Waals surface area (Å²) in [5.74, 6) is 1.37. The van der Waals surface area contributed by atoms with Gasteiger partial charge < -0.3 is 10.2 Å². The van der Waals surface area contributed by atoms with Crippen LogP contribution >= 0.6 is 11.8 Å². The van der Waals surface area contributed by atoms with Gasteiger partial charge in [-0.25, -0.2) is 0 Å². The second-order valence-corrected chi connectivity index (χ2v) is 4.98. The summed E-state index contributed by atoms with van der Waals surface area (Å²) < 4.78 is 5.21. The van der Waals surface area contributed by atoms with Crippen LogP contribution in [0.1, 0.15) is 11.3 Å². The normalized spacial score (nSPS) is 10.6. The number of nitro benzene ring substituents is 1. The van der Waals surface area contributed by atoms with Crippen LogP contribution in [0.3, 0.4) is 0 Å². The van der Waals surface area contributed by atoms with E-state index in [1.54, 1.807) is 24.5 Å². The van der Waals surface area contributed by atoms with Crippen LogP contribution < -0.4 is 5.73 Å². The van der Waals surface area contributed by atoms with Crippen molar-refractivity contribution in [2.75, 3.05) is 6.54 Å². The molecule has 0 saturated heterocycles. The number of nitrogens with two attached hydrogens (primary N) is 1. The molecule has 2 rings (SSSR count). The van der Waals surface area contributed by atoms with E-state index in [0.717, 1.165) is 11.3 Å². The van der Waals surface area contributed by atoms with Crippen molar-refractivity contribution in [3.8, 4) is 0 Å². The maximum absolute atomic E-state index is 11.1. The summed E-state index contributed by atoms with van der Waals surface area (Å²) in [6.45, 7) is 0.482. The van der Waals surface area contributed by atoms with Crippen LogP contribution in [0.4, 0.5) is 5.69 Å². The van der Waals surface area contributed by atoms with Gasteiger partial charge in [0.25, 0.3) is 5.69 Å². The lowest BCUT2D eigenvalue weighted by Gasteiger charge is -2.04. The highest BCUT2D eigenvalue weighted by Gasteiger charge is 2.15. The Balaban J connectivity index is 2.16. The molecule has 0 aliphatic heterocycles. The summed E-state index contributed by atoms with van der Waals surface area (Å²) >= 11 is 1.39. The van der Waals surface area contributed by atoms with Gasteiger partial charge in [0.2, 0.25) is 0 Å². The molecule has 0 atom stereocenters. The Labute approximate surface area is 114 Å². The highest BCUT2D eigenvalue weighted by atomic mass is 32.2. The van der Waals surface area contributed by atoms with Crippen molar-refractivity contribution in [1.29, 1.82) is 0 Å². The molecule has 1 aromatic heterocycles. The van der Waals surface area contributed by atoms with Crippen LogP contribution in [0.25, 0.3) is 0 Å². The number of hydrogen-bond acceptors (Lipinski definition) is 5. The van der Waals surface area contributed by atoms with Crippen molar-refractivity contribution in [3.05, 3.63) is 58.0 Å². The van der Waals surface area contributed by atoms with Crippen LogP contribution in [-0.4, -0.2) is 11.5 Å². The van der Waals surface area contributed by atoms with E-state index in [0.29, 0.717) is 23.6 Å². The fourth-order valence-electron chi connectivity index (χ4n) is 1.69. The summed E-state index contributed by atoms with van der Waals surface area (Å²) in [5.41, 5.74) is 6.47. The van der Waals surface area contributed by atoms with Gasteiger partial charge in [-0.15, -0.1) is 11.8 Å². The Morgan fingerprint density at radius 1 is 1.37 bits per heavy atom. The Bertz CT molecular complexity index is 555. The summed E-state index contributed by atoms with van der Waals surface area (Å²) in [7, 11) is 0. The summed E-state index contributed by atoms with van der Waals surface area (Å²) in [5, 5.41) is 11.1. The number of nitro groups is 1. The fourth-order valence-corrected chi connectivity index (χ4v) is 2.60. The molecular formula is C13H14N2O3S. The number of rotatable bonds is 6. The summed E-state index contributed by atoms with van der Waals surface area (Å²) in [6, 6.07) is 8.90. The maximum atomic E-state index is 11.1. The smallest absolute Gasteiger partial charge is 0.283 e. The first-order valence-electron chi connectivity index (χ1n) is 5.83. The molecule has 100 valence electrons. The SMILES string of the molecule is NCCc1ccc(SCc2ccco2)c([N+](=O)[O-])c1. The minimum Gasteiger partial charge on any atom is -0.468 e. The molecule has 1 aromatic carbocycles. The van der Waals surface area contributed by atoms with E-state index >= 15 is 0 Å². The van der Waals surface area contributed by atoms with Gasteiger partial charge in [0.05, 0.1) is 21.8 Å². The number of thioether (sulfide) groups is 1. The molecule has 5 nitrogen and oxygen atoms in total. The minimum absolute atomic E-state index is 0.127. The van der Waals surface area contributed by atoms with E-state index in [4.69, 9.17) is 10.2 Å². The lowest BCUT2D eigenvalue weighted by atomic mass is 10.1. The van der Waals surface area contributed by atoms with Gasteiger partial charge in [0.15, 0.2) is 0 Å². The van der Waals surface area contributed by atoms with Gasteiger partial charge in [0.1, 0.15) is 5.76 Å². The van der Waals surface area contributed by atoms with E-state index in [1.807, 2.05) is 12.1 Å². The molecule has 1 heterocycles. The highest BCUT2D eigenvalue weighted by molar-refractivity contribution is 7.98.